The van der Waals surface area contributed by atoms with Crippen molar-refractivity contribution in [1.29, 1.82) is 0 Å². The lowest BCUT2D eigenvalue weighted by molar-refractivity contribution is -0.142. The largest absolute Gasteiger partial charge is 0.414 e. The van der Waals surface area contributed by atoms with Crippen molar-refractivity contribution in [3.05, 3.63) is 11.6 Å². The van der Waals surface area contributed by atoms with E-state index in [9.17, 15) is 0 Å². The van der Waals surface area contributed by atoms with Gasteiger partial charge in [-0.1, -0.05) is 29.7 Å². The Kier molecular flexibility index (Phi) is 7.76. The molecule has 4 aliphatic rings. The number of oxime groups is 2. The molecule has 3 saturated carbocycles. The molecular weight excluding hydrogens is 497 g/mol. The standard InChI is InChI=1S/C29H52N2O4Si2/c1-20(30-32-4)29(35-37(9,10)11)17-15-24-23-13-12-21-18-22(31-33-5)14-16-27(21,2)26(23)25(19-28(24,29)3)34-36(6,7)8/h18,23-26H,12-17,19H2,1-11H3/b30-20+,31-22-/t23-,24-,25?,26+,27-,28-,29-/m0/s1. The normalized spacial score (nSPS) is 41.5. The third kappa shape index (κ3) is 5.05. The molecule has 7 atom stereocenters. The van der Waals surface area contributed by atoms with E-state index in [1.807, 2.05) is 0 Å². The minimum Gasteiger partial charge on any atom is -0.414 e. The molecule has 8 heteroatoms. The van der Waals surface area contributed by atoms with Gasteiger partial charge in [0.25, 0.3) is 0 Å². The van der Waals surface area contributed by atoms with Crippen molar-refractivity contribution in [3.63, 3.8) is 0 Å². The van der Waals surface area contributed by atoms with Crippen LogP contribution in [0.25, 0.3) is 0 Å². The van der Waals surface area contributed by atoms with E-state index in [1.165, 1.54) is 12.8 Å². The van der Waals surface area contributed by atoms with Crippen LogP contribution in [0.5, 0.6) is 0 Å². The number of fused-ring (bicyclic) bond motifs is 5. The first-order chi connectivity index (χ1) is 17.1. The maximum Gasteiger partial charge on any atom is 0.185 e. The number of allylic oxidation sites excluding steroid dienone is 2. The fourth-order valence-corrected chi connectivity index (χ4v) is 11.6. The first-order valence-electron chi connectivity index (χ1n) is 14.4. The second-order valence-corrected chi connectivity index (χ2v) is 23.4. The van der Waals surface area contributed by atoms with Crippen LogP contribution in [0.2, 0.25) is 39.3 Å². The number of rotatable bonds is 7. The summed E-state index contributed by atoms with van der Waals surface area (Å²) in [4.78, 5) is 10.5. The molecular formula is C29H52N2O4Si2. The summed E-state index contributed by atoms with van der Waals surface area (Å²) >= 11 is 0. The lowest BCUT2D eigenvalue weighted by atomic mass is 9.45. The molecule has 0 bridgehead atoms. The summed E-state index contributed by atoms with van der Waals surface area (Å²) in [7, 11) is -0.369. The van der Waals surface area contributed by atoms with Crippen LogP contribution in [0.4, 0.5) is 0 Å². The first-order valence-corrected chi connectivity index (χ1v) is 21.2. The molecule has 0 aromatic heterocycles. The van der Waals surface area contributed by atoms with Gasteiger partial charge in [-0.05, 0) is 120 Å². The molecule has 4 rings (SSSR count). The molecule has 37 heavy (non-hydrogen) atoms. The molecule has 0 N–H and O–H groups in total. The van der Waals surface area contributed by atoms with Crippen molar-refractivity contribution in [2.24, 2.45) is 38.9 Å². The lowest BCUT2D eigenvalue weighted by Gasteiger charge is -2.63. The summed E-state index contributed by atoms with van der Waals surface area (Å²) in [5.41, 5.74) is 3.36. The quantitative estimate of drug-likeness (QED) is 0.189. The molecule has 0 aromatic rings. The van der Waals surface area contributed by atoms with E-state index < -0.39 is 22.2 Å². The molecule has 210 valence electrons. The van der Waals surface area contributed by atoms with Gasteiger partial charge in [-0.3, -0.25) is 0 Å². The summed E-state index contributed by atoms with van der Waals surface area (Å²) in [6.45, 7) is 21.2. The van der Waals surface area contributed by atoms with Crippen LogP contribution in [0.1, 0.15) is 65.7 Å². The summed E-state index contributed by atoms with van der Waals surface area (Å²) in [6, 6.07) is 0. The van der Waals surface area contributed by atoms with Crippen molar-refractivity contribution in [2.45, 2.75) is 117 Å². The zero-order valence-corrected chi connectivity index (χ0v) is 27.4. The van der Waals surface area contributed by atoms with Crippen molar-refractivity contribution in [2.75, 3.05) is 14.2 Å². The van der Waals surface area contributed by atoms with Crippen LogP contribution < -0.4 is 0 Å². The van der Waals surface area contributed by atoms with Gasteiger partial charge in [-0.25, -0.2) is 0 Å². The Balaban J connectivity index is 1.83. The molecule has 0 aromatic carbocycles. The van der Waals surface area contributed by atoms with Gasteiger partial charge < -0.3 is 18.5 Å². The van der Waals surface area contributed by atoms with Crippen LogP contribution in [0.15, 0.2) is 22.0 Å². The molecule has 0 radical (unpaired) electrons. The van der Waals surface area contributed by atoms with Gasteiger partial charge in [0.15, 0.2) is 16.6 Å². The van der Waals surface area contributed by atoms with Crippen molar-refractivity contribution in [1.82, 2.24) is 0 Å². The number of hydrogen-bond acceptors (Lipinski definition) is 6. The van der Waals surface area contributed by atoms with Crippen molar-refractivity contribution in [3.8, 4) is 0 Å². The van der Waals surface area contributed by atoms with Gasteiger partial charge in [-0.2, -0.15) is 0 Å². The summed E-state index contributed by atoms with van der Waals surface area (Å²) < 4.78 is 14.5. The fourth-order valence-electron chi connectivity index (χ4n) is 8.97. The molecule has 1 unspecified atom stereocenters. The zero-order valence-electron chi connectivity index (χ0n) is 25.4. The molecule has 0 amide bonds. The highest BCUT2D eigenvalue weighted by Crippen LogP contribution is 2.69. The van der Waals surface area contributed by atoms with Gasteiger partial charge in [0.2, 0.25) is 0 Å². The van der Waals surface area contributed by atoms with E-state index in [1.54, 1.807) is 19.8 Å². The Morgan fingerprint density at radius 3 is 2.24 bits per heavy atom. The fraction of sp³-hybridized carbons (Fsp3) is 0.862. The average Bonchev–Trinajstić information content (AvgIpc) is 3.04. The van der Waals surface area contributed by atoms with Gasteiger partial charge in [-0.15, -0.1) is 0 Å². The second kappa shape index (κ2) is 9.90. The molecule has 0 spiro atoms. The van der Waals surface area contributed by atoms with E-state index >= 15 is 0 Å². The smallest absolute Gasteiger partial charge is 0.185 e. The first kappa shape index (κ1) is 29.0. The predicted molar refractivity (Wildman–Crippen MR) is 157 cm³/mol. The third-order valence-electron chi connectivity index (χ3n) is 10.0. The molecule has 0 saturated heterocycles. The Morgan fingerprint density at radius 2 is 1.65 bits per heavy atom. The number of hydrogen-bond donors (Lipinski definition) is 0. The van der Waals surface area contributed by atoms with Gasteiger partial charge >= 0.3 is 0 Å². The van der Waals surface area contributed by atoms with E-state index in [-0.39, 0.29) is 16.9 Å². The van der Waals surface area contributed by atoms with E-state index in [0.717, 1.165) is 43.5 Å². The molecule has 4 aliphatic carbocycles. The SMILES string of the molecule is CO/N=C1\C=C2CC[C@@H]3[C@H](C(O[Si](C)(C)C)C[C@@]4(C)[C@H]3CC[C@]4(O[Si](C)(C)C)/C(C)=N/OC)[C@@]2(C)CC1. The Bertz CT molecular complexity index is 968. The van der Waals surface area contributed by atoms with Gasteiger partial charge in [0.05, 0.1) is 11.4 Å². The van der Waals surface area contributed by atoms with E-state index in [4.69, 9.17) is 18.5 Å². The van der Waals surface area contributed by atoms with Crippen molar-refractivity contribution < 1.29 is 18.5 Å². The van der Waals surface area contributed by atoms with Crippen LogP contribution in [-0.2, 0) is 18.5 Å². The maximum absolute atomic E-state index is 7.25. The van der Waals surface area contributed by atoms with Crippen LogP contribution in [-0.4, -0.2) is 54.0 Å². The number of nitrogens with zero attached hydrogens (tertiary/aromatic N) is 2. The lowest BCUT2D eigenvalue weighted by Crippen LogP contribution is -2.64. The zero-order chi connectivity index (χ0) is 27.4. The minimum absolute atomic E-state index is 0.0419. The van der Waals surface area contributed by atoms with Crippen molar-refractivity contribution >= 4 is 28.1 Å². The minimum atomic E-state index is -1.88. The maximum atomic E-state index is 7.25. The summed E-state index contributed by atoms with van der Waals surface area (Å²) in [5.74, 6) is 1.72. The monoisotopic (exact) mass is 548 g/mol. The van der Waals surface area contributed by atoms with Crippen LogP contribution in [0.3, 0.4) is 0 Å². The van der Waals surface area contributed by atoms with E-state index in [2.05, 4.69) is 76.4 Å². The Labute approximate surface area is 227 Å². The van der Waals surface area contributed by atoms with E-state index in [0.29, 0.717) is 17.8 Å². The summed E-state index contributed by atoms with van der Waals surface area (Å²) in [6.07, 6.45) is 10.2. The Hall–Kier alpha value is -0.966. The highest BCUT2D eigenvalue weighted by atomic mass is 28.4. The average molecular weight is 549 g/mol. The third-order valence-corrected chi connectivity index (χ3v) is 12.0. The van der Waals surface area contributed by atoms with Gasteiger partial charge in [0, 0.05) is 11.5 Å². The molecule has 3 fully saturated rings. The molecule has 0 heterocycles. The van der Waals surface area contributed by atoms with Crippen LogP contribution in [0, 0.1) is 28.6 Å². The highest BCUT2D eigenvalue weighted by molar-refractivity contribution is 6.70. The predicted octanol–water partition coefficient (Wildman–Crippen LogP) is 7.39. The Morgan fingerprint density at radius 1 is 0.946 bits per heavy atom. The second-order valence-electron chi connectivity index (χ2n) is 14.5. The summed E-state index contributed by atoms with van der Waals surface area (Å²) in [5, 5.41) is 8.88. The topological polar surface area (TPSA) is 61.6 Å². The molecule has 6 nitrogen and oxygen atoms in total. The van der Waals surface area contributed by atoms with Crippen LogP contribution >= 0.6 is 0 Å². The van der Waals surface area contributed by atoms with Gasteiger partial charge in [0.1, 0.15) is 19.8 Å². The highest BCUT2D eigenvalue weighted by Gasteiger charge is 2.69. The molecule has 0 aliphatic heterocycles.